The van der Waals surface area contributed by atoms with Crippen molar-refractivity contribution in [3.8, 4) is 17.2 Å². The van der Waals surface area contributed by atoms with E-state index in [0.717, 1.165) is 30.1 Å². The summed E-state index contributed by atoms with van der Waals surface area (Å²) in [5.74, 6) is 1.90. The molecule has 32 heavy (non-hydrogen) atoms. The second-order valence-corrected chi connectivity index (χ2v) is 8.15. The summed E-state index contributed by atoms with van der Waals surface area (Å²) in [6.07, 6.45) is 3.31. The molecule has 3 rings (SSSR count). The molecule has 0 spiro atoms. The van der Waals surface area contributed by atoms with Gasteiger partial charge in [0.25, 0.3) is 0 Å². The number of hydrogen-bond donors (Lipinski definition) is 0. The summed E-state index contributed by atoms with van der Waals surface area (Å²) in [7, 11) is 1.57. The summed E-state index contributed by atoms with van der Waals surface area (Å²) in [4.78, 5) is 16.9. The highest BCUT2D eigenvalue weighted by molar-refractivity contribution is 6.32. The zero-order valence-electron chi connectivity index (χ0n) is 19.1. The Morgan fingerprint density at radius 2 is 1.84 bits per heavy atom. The normalized spacial score (nSPS) is 14.2. The number of hydrogen-bond acceptors (Lipinski definition) is 5. The van der Waals surface area contributed by atoms with Gasteiger partial charge in [-0.1, -0.05) is 23.7 Å². The van der Waals surface area contributed by atoms with Crippen LogP contribution in [-0.4, -0.2) is 56.8 Å². The lowest BCUT2D eigenvalue weighted by molar-refractivity contribution is -0.126. The van der Waals surface area contributed by atoms with Crippen LogP contribution >= 0.6 is 11.6 Å². The van der Waals surface area contributed by atoms with Crippen molar-refractivity contribution in [2.24, 2.45) is 0 Å². The van der Waals surface area contributed by atoms with E-state index in [1.807, 2.05) is 49.9 Å². The molecule has 2 aromatic carbocycles. The standard InChI is InChI=1S/C25H31ClN2O4/c1-5-31-22-9-7-6-8-21(22)27-12-14-28(15-13-27)24(29)11-10-19-16-20(26)25(32-18(2)3)23(17-19)30-4/h6-11,16-18H,5,12-15H2,1-4H3/b11-10+. The average molecular weight is 459 g/mol. The van der Waals surface area contributed by atoms with E-state index in [0.29, 0.717) is 36.2 Å². The van der Waals surface area contributed by atoms with E-state index in [1.165, 1.54) is 0 Å². The molecular formula is C25H31ClN2O4. The molecule has 1 fully saturated rings. The fraction of sp³-hybridized carbons (Fsp3) is 0.400. The SMILES string of the molecule is CCOc1ccccc1N1CCN(C(=O)/C=C/c2cc(Cl)c(OC(C)C)c(OC)c2)CC1. The third-order valence-corrected chi connectivity index (χ3v) is 5.40. The van der Waals surface area contributed by atoms with Crippen LogP contribution in [0.3, 0.4) is 0 Å². The molecule has 0 bridgehead atoms. The average Bonchev–Trinajstić information content (AvgIpc) is 2.79. The largest absolute Gasteiger partial charge is 0.493 e. The Morgan fingerprint density at radius 1 is 1.12 bits per heavy atom. The number of nitrogens with zero attached hydrogens (tertiary/aromatic N) is 2. The van der Waals surface area contributed by atoms with Gasteiger partial charge in [0.05, 0.1) is 30.5 Å². The van der Waals surface area contributed by atoms with E-state index < -0.39 is 0 Å². The van der Waals surface area contributed by atoms with Crippen LogP contribution < -0.4 is 19.1 Å². The molecule has 0 N–H and O–H groups in total. The summed E-state index contributed by atoms with van der Waals surface area (Å²) in [5.41, 5.74) is 1.85. The minimum Gasteiger partial charge on any atom is -0.493 e. The predicted octanol–water partition coefficient (Wildman–Crippen LogP) is 4.90. The first-order valence-electron chi connectivity index (χ1n) is 10.9. The summed E-state index contributed by atoms with van der Waals surface area (Å²) < 4.78 is 16.9. The van der Waals surface area contributed by atoms with Crippen LogP contribution in [0, 0.1) is 0 Å². The molecule has 1 heterocycles. The van der Waals surface area contributed by atoms with E-state index in [9.17, 15) is 4.79 Å². The molecule has 6 nitrogen and oxygen atoms in total. The Kier molecular flexibility index (Phi) is 8.28. The van der Waals surface area contributed by atoms with Crippen LogP contribution in [-0.2, 0) is 4.79 Å². The number of carbonyl (C=O) groups excluding carboxylic acids is 1. The first-order chi connectivity index (χ1) is 15.4. The summed E-state index contributed by atoms with van der Waals surface area (Å²) in [6.45, 7) is 9.26. The van der Waals surface area contributed by atoms with Gasteiger partial charge in [0, 0.05) is 32.3 Å². The zero-order valence-corrected chi connectivity index (χ0v) is 19.9. The maximum absolute atomic E-state index is 12.7. The fourth-order valence-corrected chi connectivity index (χ4v) is 3.89. The van der Waals surface area contributed by atoms with Crippen molar-refractivity contribution in [1.82, 2.24) is 4.90 Å². The molecule has 7 heteroatoms. The molecule has 1 aliphatic rings. The quantitative estimate of drug-likeness (QED) is 0.527. The highest BCUT2D eigenvalue weighted by Gasteiger charge is 2.22. The molecule has 0 atom stereocenters. The van der Waals surface area contributed by atoms with E-state index in [4.69, 9.17) is 25.8 Å². The molecule has 172 valence electrons. The second kappa shape index (κ2) is 11.1. The van der Waals surface area contributed by atoms with Crippen LogP contribution in [0.25, 0.3) is 6.08 Å². The molecule has 0 aliphatic carbocycles. The first kappa shape index (κ1) is 23.8. The monoisotopic (exact) mass is 458 g/mol. The lowest BCUT2D eigenvalue weighted by Crippen LogP contribution is -2.48. The van der Waals surface area contributed by atoms with Gasteiger partial charge in [0.2, 0.25) is 5.91 Å². The minimum atomic E-state index is -0.0275. The molecule has 1 saturated heterocycles. The van der Waals surface area contributed by atoms with Crippen LogP contribution in [0.4, 0.5) is 5.69 Å². The molecule has 0 aromatic heterocycles. The number of amides is 1. The van der Waals surface area contributed by atoms with Gasteiger partial charge in [-0.25, -0.2) is 0 Å². The predicted molar refractivity (Wildman–Crippen MR) is 129 cm³/mol. The van der Waals surface area contributed by atoms with Crippen LogP contribution in [0.1, 0.15) is 26.3 Å². The lowest BCUT2D eigenvalue weighted by atomic mass is 10.1. The Balaban J connectivity index is 1.63. The van der Waals surface area contributed by atoms with Crippen molar-refractivity contribution in [3.05, 3.63) is 53.1 Å². The lowest BCUT2D eigenvalue weighted by Gasteiger charge is -2.36. The highest BCUT2D eigenvalue weighted by Crippen LogP contribution is 2.37. The molecule has 0 saturated carbocycles. The van der Waals surface area contributed by atoms with Crippen molar-refractivity contribution in [1.29, 1.82) is 0 Å². The van der Waals surface area contributed by atoms with Gasteiger partial charge in [0.1, 0.15) is 5.75 Å². The third kappa shape index (κ3) is 5.88. The molecule has 0 unspecified atom stereocenters. The Bertz CT molecular complexity index is 953. The highest BCUT2D eigenvalue weighted by atomic mass is 35.5. The number of methoxy groups -OCH3 is 1. The maximum atomic E-state index is 12.7. The molecule has 0 radical (unpaired) electrons. The van der Waals surface area contributed by atoms with Crippen LogP contribution in [0.2, 0.25) is 5.02 Å². The van der Waals surface area contributed by atoms with Gasteiger partial charge < -0.3 is 24.0 Å². The number of rotatable bonds is 8. The zero-order chi connectivity index (χ0) is 23.1. The van der Waals surface area contributed by atoms with Crippen molar-refractivity contribution >= 4 is 29.3 Å². The van der Waals surface area contributed by atoms with Gasteiger partial charge in [-0.2, -0.15) is 0 Å². The van der Waals surface area contributed by atoms with E-state index in [-0.39, 0.29) is 12.0 Å². The van der Waals surface area contributed by atoms with Gasteiger partial charge >= 0.3 is 0 Å². The van der Waals surface area contributed by atoms with Crippen molar-refractivity contribution in [3.63, 3.8) is 0 Å². The van der Waals surface area contributed by atoms with Gasteiger partial charge in [0.15, 0.2) is 11.5 Å². The number of ether oxygens (including phenoxy) is 3. The summed E-state index contributed by atoms with van der Waals surface area (Å²) in [6, 6.07) is 11.6. The van der Waals surface area contributed by atoms with Crippen LogP contribution in [0.5, 0.6) is 17.2 Å². The summed E-state index contributed by atoms with van der Waals surface area (Å²) in [5, 5.41) is 0.451. The number of para-hydroxylation sites is 2. The molecule has 1 aliphatic heterocycles. The number of halogens is 1. The van der Waals surface area contributed by atoms with Crippen molar-refractivity contribution < 1.29 is 19.0 Å². The summed E-state index contributed by atoms with van der Waals surface area (Å²) >= 11 is 6.38. The van der Waals surface area contributed by atoms with E-state index in [1.54, 1.807) is 25.3 Å². The number of benzene rings is 2. The molecular weight excluding hydrogens is 428 g/mol. The van der Waals surface area contributed by atoms with Gasteiger partial charge in [-0.3, -0.25) is 4.79 Å². The molecule has 1 amide bonds. The van der Waals surface area contributed by atoms with Crippen molar-refractivity contribution in [2.75, 3.05) is 44.8 Å². The number of anilines is 1. The third-order valence-electron chi connectivity index (χ3n) is 5.12. The van der Waals surface area contributed by atoms with Crippen LogP contribution in [0.15, 0.2) is 42.5 Å². The molecule has 2 aromatic rings. The van der Waals surface area contributed by atoms with E-state index >= 15 is 0 Å². The maximum Gasteiger partial charge on any atom is 0.246 e. The van der Waals surface area contributed by atoms with Gasteiger partial charge in [-0.15, -0.1) is 0 Å². The van der Waals surface area contributed by atoms with Gasteiger partial charge in [-0.05, 0) is 56.7 Å². The smallest absolute Gasteiger partial charge is 0.246 e. The Morgan fingerprint density at radius 3 is 2.50 bits per heavy atom. The fourth-order valence-electron chi connectivity index (χ4n) is 3.62. The van der Waals surface area contributed by atoms with Crippen molar-refractivity contribution in [2.45, 2.75) is 26.9 Å². The van der Waals surface area contributed by atoms with E-state index in [2.05, 4.69) is 11.0 Å². The topological polar surface area (TPSA) is 51.2 Å². The second-order valence-electron chi connectivity index (χ2n) is 7.75. The Labute approximate surface area is 195 Å². The first-order valence-corrected chi connectivity index (χ1v) is 11.3. The Hall–Kier alpha value is -2.86. The number of carbonyl (C=O) groups is 1. The number of piperazine rings is 1. The minimum absolute atomic E-state index is 0.0245.